The van der Waals surface area contributed by atoms with Gasteiger partial charge in [0.05, 0.1) is 0 Å². The molecule has 0 radical (unpaired) electrons. The number of alkyl halides is 1. The van der Waals surface area contributed by atoms with E-state index >= 15 is 0 Å². The smallest absolute Gasteiger partial charge is 0.123 e. The highest BCUT2D eigenvalue weighted by molar-refractivity contribution is 5.16. The lowest BCUT2D eigenvalue weighted by Gasteiger charge is -2.06. The Morgan fingerprint density at radius 2 is 2.15 bits per heavy atom. The van der Waals surface area contributed by atoms with E-state index in [1.807, 2.05) is 0 Å². The Hall–Kier alpha value is -0.960. The predicted molar refractivity (Wildman–Crippen MR) is 48.7 cm³/mol. The number of nitrogens with two attached hydrogens (primary N) is 1. The predicted octanol–water partition coefficient (Wildman–Crippen LogP) is 2.06. The molecule has 3 heteroatoms. The number of hydrogen-bond acceptors (Lipinski definition) is 1. The van der Waals surface area contributed by atoms with Crippen LogP contribution in [0.5, 0.6) is 0 Å². The lowest BCUT2D eigenvalue weighted by atomic mass is 10.1. The van der Waals surface area contributed by atoms with Crippen molar-refractivity contribution in [3.63, 3.8) is 0 Å². The summed E-state index contributed by atoms with van der Waals surface area (Å²) in [4.78, 5) is 0. The lowest BCUT2D eigenvalue weighted by molar-refractivity contribution is 0.316. The third-order valence-corrected chi connectivity index (χ3v) is 1.83. The molecule has 0 saturated heterocycles. The highest BCUT2D eigenvalue weighted by Gasteiger charge is 2.06. The van der Waals surface area contributed by atoms with E-state index in [0.717, 1.165) is 0 Å². The molecule has 1 unspecified atom stereocenters. The second-order valence-corrected chi connectivity index (χ2v) is 3.01. The van der Waals surface area contributed by atoms with Crippen molar-refractivity contribution in [1.82, 2.24) is 0 Å². The summed E-state index contributed by atoms with van der Waals surface area (Å²) in [6.45, 7) is 0.330. The second kappa shape index (κ2) is 4.92. The van der Waals surface area contributed by atoms with Crippen LogP contribution in [0.2, 0.25) is 0 Å². The number of halogens is 2. The Morgan fingerprint density at radius 1 is 1.38 bits per heavy atom. The summed E-state index contributed by atoms with van der Waals surface area (Å²) in [5, 5.41) is 0. The molecule has 0 heterocycles. The summed E-state index contributed by atoms with van der Waals surface area (Å²) in [7, 11) is 0. The highest BCUT2D eigenvalue weighted by atomic mass is 19.1. The monoisotopic (exact) mass is 185 g/mol. The number of rotatable bonds is 4. The van der Waals surface area contributed by atoms with Gasteiger partial charge in [-0.1, -0.05) is 12.1 Å². The van der Waals surface area contributed by atoms with Crippen LogP contribution < -0.4 is 5.73 Å². The van der Waals surface area contributed by atoms with E-state index in [2.05, 4.69) is 0 Å². The molecule has 1 rings (SSSR count). The zero-order valence-electron chi connectivity index (χ0n) is 7.34. The van der Waals surface area contributed by atoms with Crippen LogP contribution in [0.15, 0.2) is 24.3 Å². The molecular formula is C10H13F2N. The number of hydrogen-bond donors (Lipinski definition) is 1. The van der Waals surface area contributed by atoms with Gasteiger partial charge in [0.1, 0.15) is 12.0 Å². The Kier molecular flexibility index (Phi) is 3.83. The van der Waals surface area contributed by atoms with Crippen LogP contribution in [0, 0.1) is 5.82 Å². The first-order valence-electron chi connectivity index (χ1n) is 4.31. The first kappa shape index (κ1) is 10.1. The van der Waals surface area contributed by atoms with Gasteiger partial charge in [0, 0.05) is 6.42 Å². The van der Waals surface area contributed by atoms with Crippen LogP contribution in [0.3, 0.4) is 0 Å². The van der Waals surface area contributed by atoms with E-state index < -0.39 is 6.17 Å². The van der Waals surface area contributed by atoms with Crippen molar-refractivity contribution in [1.29, 1.82) is 0 Å². The summed E-state index contributed by atoms with van der Waals surface area (Å²) in [5.41, 5.74) is 5.88. The van der Waals surface area contributed by atoms with E-state index in [0.29, 0.717) is 18.5 Å². The first-order chi connectivity index (χ1) is 6.22. The Balaban J connectivity index is 2.53. The van der Waals surface area contributed by atoms with Crippen molar-refractivity contribution in [2.24, 2.45) is 5.73 Å². The van der Waals surface area contributed by atoms with Gasteiger partial charge in [-0.2, -0.15) is 0 Å². The van der Waals surface area contributed by atoms with Gasteiger partial charge in [-0.3, -0.25) is 0 Å². The van der Waals surface area contributed by atoms with Gasteiger partial charge in [-0.25, -0.2) is 8.78 Å². The van der Waals surface area contributed by atoms with E-state index in [1.54, 1.807) is 12.1 Å². The fourth-order valence-corrected chi connectivity index (χ4v) is 1.20. The van der Waals surface area contributed by atoms with Crippen molar-refractivity contribution in [2.75, 3.05) is 6.54 Å². The third kappa shape index (κ3) is 3.51. The first-order valence-corrected chi connectivity index (χ1v) is 4.31. The maximum atomic E-state index is 13.0. The van der Waals surface area contributed by atoms with E-state index in [-0.39, 0.29) is 12.2 Å². The molecule has 0 aromatic heterocycles. The summed E-state index contributed by atoms with van der Waals surface area (Å²) in [5.74, 6) is -0.322. The molecule has 0 bridgehead atoms. The van der Waals surface area contributed by atoms with E-state index in [9.17, 15) is 8.78 Å². The van der Waals surface area contributed by atoms with Crippen LogP contribution >= 0.6 is 0 Å². The van der Waals surface area contributed by atoms with Gasteiger partial charge < -0.3 is 5.73 Å². The van der Waals surface area contributed by atoms with Crippen LogP contribution in [-0.4, -0.2) is 12.7 Å². The van der Waals surface area contributed by atoms with Gasteiger partial charge in [-0.05, 0) is 30.7 Å². The van der Waals surface area contributed by atoms with Crippen molar-refractivity contribution >= 4 is 0 Å². The molecule has 2 N–H and O–H groups in total. The Bertz CT molecular complexity index is 263. The molecule has 0 spiro atoms. The second-order valence-electron chi connectivity index (χ2n) is 3.01. The van der Waals surface area contributed by atoms with Crippen molar-refractivity contribution in [3.05, 3.63) is 35.6 Å². The standard InChI is InChI=1S/C10H13F2N/c11-9-3-1-2-8(6-9)7-10(12)4-5-13/h1-3,6,10H,4-5,7,13H2. The van der Waals surface area contributed by atoms with E-state index in [1.165, 1.54) is 12.1 Å². The molecule has 0 amide bonds. The minimum absolute atomic E-state index is 0.245. The molecule has 0 aliphatic carbocycles. The topological polar surface area (TPSA) is 26.0 Å². The van der Waals surface area contributed by atoms with Gasteiger partial charge >= 0.3 is 0 Å². The Labute approximate surface area is 76.6 Å². The van der Waals surface area contributed by atoms with Gasteiger partial charge in [-0.15, -0.1) is 0 Å². The molecule has 0 fully saturated rings. The fourth-order valence-electron chi connectivity index (χ4n) is 1.20. The molecular weight excluding hydrogens is 172 g/mol. The maximum absolute atomic E-state index is 13.0. The summed E-state index contributed by atoms with van der Waals surface area (Å²) < 4.78 is 25.7. The minimum atomic E-state index is -0.966. The average molecular weight is 185 g/mol. The zero-order chi connectivity index (χ0) is 9.68. The van der Waals surface area contributed by atoms with Crippen molar-refractivity contribution < 1.29 is 8.78 Å². The molecule has 1 nitrogen and oxygen atoms in total. The summed E-state index contributed by atoms with van der Waals surface area (Å²) in [6.07, 6.45) is -0.391. The highest BCUT2D eigenvalue weighted by Crippen LogP contribution is 2.09. The molecule has 0 aliphatic heterocycles. The van der Waals surface area contributed by atoms with Gasteiger partial charge in [0.25, 0.3) is 0 Å². The summed E-state index contributed by atoms with van der Waals surface area (Å²) in [6, 6.07) is 5.99. The quantitative estimate of drug-likeness (QED) is 0.763. The van der Waals surface area contributed by atoms with Crippen LogP contribution in [0.1, 0.15) is 12.0 Å². The third-order valence-electron chi connectivity index (χ3n) is 1.83. The number of benzene rings is 1. The fraction of sp³-hybridized carbons (Fsp3) is 0.400. The zero-order valence-corrected chi connectivity index (χ0v) is 7.34. The summed E-state index contributed by atoms with van der Waals surface area (Å²) >= 11 is 0. The van der Waals surface area contributed by atoms with Crippen LogP contribution in [-0.2, 0) is 6.42 Å². The van der Waals surface area contributed by atoms with Gasteiger partial charge in [0.15, 0.2) is 0 Å². The lowest BCUT2D eigenvalue weighted by Crippen LogP contribution is -2.11. The molecule has 1 aromatic carbocycles. The molecule has 1 atom stereocenters. The van der Waals surface area contributed by atoms with Crippen molar-refractivity contribution in [3.8, 4) is 0 Å². The maximum Gasteiger partial charge on any atom is 0.123 e. The normalized spacial score (nSPS) is 12.8. The largest absolute Gasteiger partial charge is 0.330 e. The van der Waals surface area contributed by atoms with Crippen LogP contribution in [0.4, 0.5) is 8.78 Å². The Morgan fingerprint density at radius 3 is 2.77 bits per heavy atom. The molecule has 0 aliphatic rings. The SMILES string of the molecule is NCCC(F)Cc1cccc(F)c1. The van der Waals surface area contributed by atoms with Gasteiger partial charge in [0.2, 0.25) is 0 Å². The molecule has 0 saturated carbocycles. The minimum Gasteiger partial charge on any atom is -0.330 e. The molecule has 72 valence electrons. The van der Waals surface area contributed by atoms with E-state index in [4.69, 9.17) is 5.73 Å². The van der Waals surface area contributed by atoms with Crippen molar-refractivity contribution in [2.45, 2.75) is 19.0 Å². The molecule has 13 heavy (non-hydrogen) atoms. The molecule has 1 aromatic rings. The van der Waals surface area contributed by atoms with Crippen LogP contribution in [0.25, 0.3) is 0 Å². The average Bonchev–Trinajstić information content (AvgIpc) is 2.04.